The van der Waals surface area contributed by atoms with E-state index in [2.05, 4.69) is 22.2 Å². The van der Waals surface area contributed by atoms with Gasteiger partial charge in [-0.3, -0.25) is 0 Å². The summed E-state index contributed by atoms with van der Waals surface area (Å²) >= 11 is 0. The number of hydrogen-bond acceptors (Lipinski definition) is 4. The molecule has 2 atom stereocenters. The highest BCUT2D eigenvalue weighted by atomic mass is 16.5. The Labute approximate surface area is 118 Å². The van der Waals surface area contributed by atoms with Crippen LogP contribution in [-0.2, 0) is 4.74 Å². The maximum absolute atomic E-state index is 5.33. The van der Waals surface area contributed by atoms with E-state index in [4.69, 9.17) is 4.74 Å². The lowest BCUT2D eigenvalue weighted by Crippen LogP contribution is -2.53. The van der Waals surface area contributed by atoms with Crippen LogP contribution in [-0.4, -0.2) is 75.4 Å². The van der Waals surface area contributed by atoms with Crippen LogP contribution in [0.2, 0.25) is 0 Å². The first-order valence-electron chi connectivity index (χ1n) is 8.02. The summed E-state index contributed by atoms with van der Waals surface area (Å²) in [5.41, 5.74) is 0. The lowest BCUT2D eigenvalue weighted by atomic mass is 9.84. The zero-order valence-corrected chi connectivity index (χ0v) is 12.7. The monoisotopic (exact) mass is 269 g/mol. The van der Waals surface area contributed by atoms with Crippen LogP contribution in [0.5, 0.6) is 0 Å². The second-order valence-corrected chi connectivity index (χ2v) is 5.99. The molecule has 2 saturated heterocycles. The molecule has 19 heavy (non-hydrogen) atoms. The smallest absolute Gasteiger partial charge is 0.0590 e. The minimum Gasteiger partial charge on any atom is -0.380 e. The molecule has 2 fully saturated rings. The third-order valence-corrected chi connectivity index (χ3v) is 4.66. The van der Waals surface area contributed by atoms with E-state index in [-0.39, 0.29) is 0 Å². The van der Waals surface area contributed by atoms with E-state index in [1.165, 1.54) is 45.4 Å². The van der Waals surface area contributed by atoms with Crippen molar-refractivity contribution in [2.75, 3.05) is 59.5 Å². The van der Waals surface area contributed by atoms with Gasteiger partial charge in [-0.15, -0.1) is 0 Å². The molecular formula is C15H31N3O. The van der Waals surface area contributed by atoms with Crippen molar-refractivity contribution in [3.05, 3.63) is 0 Å². The first-order chi connectivity index (χ1) is 9.31. The van der Waals surface area contributed by atoms with Gasteiger partial charge in [-0.25, -0.2) is 0 Å². The Balaban J connectivity index is 1.59. The molecule has 2 unspecified atom stereocenters. The fourth-order valence-corrected chi connectivity index (χ4v) is 3.58. The molecule has 2 aliphatic rings. The quantitative estimate of drug-likeness (QED) is 0.699. The molecule has 0 aliphatic carbocycles. The Kier molecular flexibility index (Phi) is 6.57. The first kappa shape index (κ1) is 15.2. The summed E-state index contributed by atoms with van der Waals surface area (Å²) in [5, 5.41) is 3.47. The van der Waals surface area contributed by atoms with Gasteiger partial charge in [-0.2, -0.15) is 0 Å². The van der Waals surface area contributed by atoms with Gasteiger partial charge in [-0.1, -0.05) is 0 Å². The Morgan fingerprint density at radius 2 is 2.11 bits per heavy atom. The molecule has 0 radical (unpaired) electrons. The number of fused-ring (bicyclic) bond motifs is 1. The summed E-state index contributed by atoms with van der Waals surface area (Å²) in [7, 11) is 2.31. The highest BCUT2D eigenvalue weighted by molar-refractivity contribution is 4.89. The molecule has 2 heterocycles. The van der Waals surface area contributed by atoms with Gasteiger partial charge in [0.1, 0.15) is 0 Å². The van der Waals surface area contributed by atoms with Gasteiger partial charge in [0.25, 0.3) is 0 Å². The van der Waals surface area contributed by atoms with Gasteiger partial charge < -0.3 is 19.9 Å². The third kappa shape index (κ3) is 4.71. The molecule has 2 aliphatic heterocycles. The normalized spacial score (nSPS) is 29.4. The van der Waals surface area contributed by atoms with Crippen LogP contribution in [0, 0.1) is 5.92 Å². The van der Waals surface area contributed by atoms with Crippen molar-refractivity contribution >= 4 is 0 Å². The highest BCUT2D eigenvalue weighted by Crippen LogP contribution is 2.29. The van der Waals surface area contributed by atoms with Crippen LogP contribution in [0.3, 0.4) is 0 Å². The van der Waals surface area contributed by atoms with Crippen LogP contribution in [0.1, 0.15) is 26.2 Å². The zero-order valence-electron chi connectivity index (χ0n) is 12.7. The van der Waals surface area contributed by atoms with Crippen molar-refractivity contribution in [2.45, 2.75) is 32.2 Å². The summed E-state index contributed by atoms with van der Waals surface area (Å²) in [5.74, 6) is 0.913. The topological polar surface area (TPSA) is 27.7 Å². The largest absolute Gasteiger partial charge is 0.380 e. The second kappa shape index (κ2) is 8.20. The van der Waals surface area contributed by atoms with E-state index < -0.39 is 0 Å². The number of nitrogens with one attached hydrogen (secondary N) is 1. The van der Waals surface area contributed by atoms with Gasteiger partial charge >= 0.3 is 0 Å². The van der Waals surface area contributed by atoms with E-state index in [1.54, 1.807) is 0 Å². The fourth-order valence-electron chi connectivity index (χ4n) is 3.58. The summed E-state index contributed by atoms with van der Waals surface area (Å²) < 4.78 is 5.33. The van der Waals surface area contributed by atoms with Crippen molar-refractivity contribution in [1.29, 1.82) is 0 Å². The molecule has 0 saturated carbocycles. The van der Waals surface area contributed by atoms with E-state index in [0.29, 0.717) is 0 Å². The van der Waals surface area contributed by atoms with E-state index >= 15 is 0 Å². The number of piperidine rings is 2. The van der Waals surface area contributed by atoms with Crippen molar-refractivity contribution in [3.63, 3.8) is 0 Å². The Hall–Kier alpha value is -0.160. The Bertz CT molecular complexity index is 250. The summed E-state index contributed by atoms with van der Waals surface area (Å²) in [6, 6.07) is 0.857. The van der Waals surface area contributed by atoms with Crippen LogP contribution >= 0.6 is 0 Å². The van der Waals surface area contributed by atoms with Crippen LogP contribution in [0.25, 0.3) is 0 Å². The van der Waals surface area contributed by atoms with Gasteiger partial charge in [0.2, 0.25) is 0 Å². The fraction of sp³-hybridized carbons (Fsp3) is 1.00. The molecule has 2 rings (SSSR count). The van der Waals surface area contributed by atoms with E-state index in [9.17, 15) is 0 Å². The lowest BCUT2D eigenvalue weighted by molar-refractivity contribution is 0.0389. The van der Waals surface area contributed by atoms with Crippen molar-refractivity contribution in [1.82, 2.24) is 15.1 Å². The highest BCUT2D eigenvalue weighted by Gasteiger charge is 2.33. The molecule has 4 heteroatoms. The molecule has 0 amide bonds. The van der Waals surface area contributed by atoms with Crippen molar-refractivity contribution < 1.29 is 4.74 Å². The van der Waals surface area contributed by atoms with E-state index in [1.807, 2.05) is 6.92 Å². The Morgan fingerprint density at radius 1 is 1.21 bits per heavy atom. The molecule has 0 aromatic carbocycles. The average Bonchev–Trinajstić information content (AvgIpc) is 2.43. The number of rotatable bonds is 7. The van der Waals surface area contributed by atoms with Crippen molar-refractivity contribution in [2.24, 2.45) is 5.92 Å². The number of nitrogens with zero attached hydrogens (tertiary/aromatic N) is 2. The minimum absolute atomic E-state index is 0.824. The first-order valence-corrected chi connectivity index (χ1v) is 8.02. The predicted octanol–water partition coefficient (Wildman–Crippen LogP) is 1.03. The van der Waals surface area contributed by atoms with Crippen LogP contribution < -0.4 is 5.32 Å². The second-order valence-electron chi connectivity index (χ2n) is 5.99. The van der Waals surface area contributed by atoms with Crippen LogP contribution in [0.4, 0.5) is 0 Å². The Morgan fingerprint density at radius 3 is 2.95 bits per heavy atom. The maximum atomic E-state index is 5.33. The summed E-state index contributed by atoms with van der Waals surface area (Å²) in [4.78, 5) is 5.24. The number of likely N-dealkylation sites (tertiary alicyclic amines) is 2. The zero-order chi connectivity index (χ0) is 13.5. The summed E-state index contributed by atoms with van der Waals surface area (Å²) in [6.45, 7) is 10.9. The lowest BCUT2D eigenvalue weighted by Gasteiger charge is -2.46. The molecule has 0 aromatic heterocycles. The van der Waals surface area contributed by atoms with Crippen LogP contribution in [0.15, 0.2) is 0 Å². The molecule has 4 nitrogen and oxygen atoms in total. The minimum atomic E-state index is 0.824. The number of hydrogen-bond donors (Lipinski definition) is 1. The SMILES string of the molecule is CCOCCNCCN1CCC2C(CCCN2C)C1. The van der Waals surface area contributed by atoms with Gasteiger partial charge in [0.15, 0.2) is 0 Å². The van der Waals surface area contributed by atoms with Gasteiger partial charge in [-0.05, 0) is 52.2 Å². The van der Waals surface area contributed by atoms with Gasteiger partial charge in [0, 0.05) is 38.8 Å². The number of ether oxygens (including phenoxy) is 1. The molecule has 1 N–H and O–H groups in total. The standard InChI is InChI=1S/C15H31N3O/c1-3-19-12-8-16-7-11-18-10-6-15-14(13-18)5-4-9-17(15)2/h14-16H,3-13H2,1-2H3. The predicted molar refractivity (Wildman–Crippen MR) is 79.6 cm³/mol. The van der Waals surface area contributed by atoms with Gasteiger partial charge in [0.05, 0.1) is 6.61 Å². The average molecular weight is 269 g/mol. The maximum Gasteiger partial charge on any atom is 0.0590 e. The molecular weight excluding hydrogens is 238 g/mol. The molecule has 112 valence electrons. The molecule has 0 aromatic rings. The molecule has 0 spiro atoms. The van der Waals surface area contributed by atoms with E-state index in [0.717, 1.165) is 38.3 Å². The van der Waals surface area contributed by atoms with Crippen molar-refractivity contribution in [3.8, 4) is 0 Å². The summed E-state index contributed by atoms with van der Waals surface area (Å²) in [6.07, 6.45) is 4.18. The molecule has 0 bridgehead atoms. The third-order valence-electron chi connectivity index (χ3n) is 4.66.